The normalized spacial score (nSPS) is 33.3. The highest BCUT2D eigenvalue weighted by Crippen LogP contribution is 2.48. The molecule has 3 heteroatoms. The molecule has 2 saturated heterocycles. The van der Waals surface area contributed by atoms with E-state index in [9.17, 15) is 0 Å². The van der Waals surface area contributed by atoms with E-state index in [2.05, 4.69) is 42.6 Å². The van der Waals surface area contributed by atoms with Crippen LogP contribution in [0, 0.1) is 0 Å². The minimum Gasteiger partial charge on any atom is -0.0888 e. The Labute approximate surface area is 110 Å². The van der Waals surface area contributed by atoms with Crippen LogP contribution in [0.2, 0.25) is 11.6 Å². The molecule has 2 aliphatic heterocycles. The lowest BCUT2D eigenvalue weighted by atomic mass is 9.25. The third-order valence-electron chi connectivity index (χ3n) is 4.04. The molecule has 0 spiro atoms. The maximum Gasteiger partial charge on any atom is 0.178 e. The number of hydrogen-bond donors (Lipinski definition) is 0. The molecule has 0 unspecified atom stereocenters. The van der Waals surface area contributed by atoms with Gasteiger partial charge in [-0.05, 0) is 4.08 Å². The fraction of sp³-hybridized carbons (Fsp3) is 0.818. The van der Waals surface area contributed by atoms with E-state index in [0.717, 1.165) is 23.7 Å². The summed E-state index contributed by atoms with van der Waals surface area (Å²) in [5.41, 5.74) is 1.67. The standard InChI is InChI=1S/C11H17BBrI/c13-7-11(8-14)12-9-3-1-4-10(12)6-2-5-9/h8-10H,1-7H2/b11-8+. The van der Waals surface area contributed by atoms with Gasteiger partial charge in [0.05, 0.1) is 0 Å². The molecule has 2 heterocycles. The maximum absolute atomic E-state index is 3.65. The van der Waals surface area contributed by atoms with Crippen LogP contribution >= 0.6 is 38.5 Å². The summed E-state index contributed by atoms with van der Waals surface area (Å²) in [5, 5.41) is 1.09. The van der Waals surface area contributed by atoms with Gasteiger partial charge in [-0.1, -0.05) is 94.2 Å². The van der Waals surface area contributed by atoms with Crippen molar-refractivity contribution in [2.45, 2.75) is 50.2 Å². The van der Waals surface area contributed by atoms with Crippen LogP contribution in [0.4, 0.5) is 0 Å². The van der Waals surface area contributed by atoms with Gasteiger partial charge in [-0.2, -0.15) is 0 Å². The van der Waals surface area contributed by atoms with Crippen LogP contribution in [0.25, 0.3) is 0 Å². The molecule has 0 aliphatic carbocycles. The molecule has 2 aliphatic rings. The topological polar surface area (TPSA) is 0 Å². The lowest BCUT2D eigenvalue weighted by Gasteiger charge is -2.41. The summed E-state index contributed by atoms with van der Waals surface area (Å²) in [6.45, 7) is 0.925. The first-order chi connectivity index (χ1) is 6.86. The summed E-state index contributed by atoms with van der Waals surface area (Å²) >= 11 is 6.07. The number of rotatable bonds is 2. The molecule has 2 rings (SSSR count). The Kier molecular flexibility index (Phi) is 4.42. The number of allylic oxidation sites excluding steroid dienone is 1. The minimum absolute atomic E-state index is 0.925. The number of halogens is 2. The summed E-state index contributed by atoms with van der Waals surface area (Å²) in [5.74, 6) is 2.03. The molecule has 0 amide bonds. The van der Waals surface area contributed by atoms with Gasteiger partial charge in [0.1, 0.15) is 0 Å². The summed E-state index contributed by atoms with van der Waals surface area (Å²) in [6.07, 6.45) is 8.93. The summed E-state index contributed by atoms with van der Waals surface area (Å²) < 4.78 is 2.33. The molecule has 0 atom stereocenters. The van der Waals surface area contributed by atoms with Crippen molar-refractivity contribution >= 4 is 45.2 Å². The average molecular weight is 367 g/mol. The van der Waals surface area contributed by atoms with Crippen molar-refractivity contribution in [2.24, 2.45) is 0 Å². The Hall–Kier alpha value is 1.01. The van der Waals surface area contributed by atoms with Crippen molar-refractivity contribution in [2.75, 3.05) is 5.33 Å². The van der Waals surface area contributed by atoms with E-state index >= 15 is 0 Å². The van der Waals surface area contributed by atoms with E-state index in [-0.39, 0.29) is 0 Å². The zero-order valence-corrected chi connectivity index (χ0v) is 12.3. The van der Waals surface area contributed by atoms with E-state index in [1.807, 2.05) is 0 Å². The summed E-state index contributed by atoms with van der Waals surface area (Å²) in [4.78, 5) is 0. The average Bonchev–Trinajstić information content (AvgIpc) is 2.19. The second-order valence-corrected chi connectivity index (χ2v) is 5.91. The number of alkyl halides is 1. The first-order valence-corrected chi connectivity index (χ1v) is 8.08. The zero-order valence-electron chi connectivity index (χ0n) is 8.52. The Morgan fingerprint density at radius 3 is 2.07 bits per heavy atom. The van der Waals surface area contributed by atoms with Gasteiger partial charge >= 0.3 is 0 Å². The van der Waals surface area contributed by atoms with Crippen molar-refractivity contribution in [1.29, 1.82) is 0 Å². The quantitative estimate of drug-likeness (QED) is 0.372. The fourth-order valence-electron chi connectivity index (χ4n) is 3.47. The molecule has 0 nitrogen and oxygen atoms in total. The van der Waals surface area contributed by atoms with Crippen LogP contribution in [-0.4, -0.2) is 12.0 Å². The van der Waals surface area contributed by atoms with Gasteiger partial charge < -0.3 is 0 Å². The molecular weight excluding hydrogens is 350 g/mol. The Balaban J connectivity index is 2.15. The van der Waals surface area contributed by atoms with Gasteiger partial charge in [-0.15, -0.1) is 0 Å². The predicted molar refractivity (Wildman–Crippen MR) is 76.9 cm³/mol. The monoisotopic (exact) mass is 366 g/mol. The second-order valence-electron chi connectivity index (χ2n) is 4.73. The fourth-order valence-corrected chi connectivity index (χ4v) is 5.25. The Morgan fingerprint density at radius 1 is 1.21 bits per heavy atom. The third kappa shape index (κ3) is 2.23. The lowest BCUT2D eigenvalue weighted by molar-refractivity contribution is 0.446. The molecule has 0 aromatic rings. The van der Waals surface area contributed by atoms with Gasteiger partial charge in [-0.3, -0.25) is 0 Å². The van der Waals surface area contributed by atoms with Gasteiger partial charge in [0.15, 0.2) is 6.71 Å². The molecule has 0 saturated carbocycles. The number of hydrogen-bond acceptors (Lipinski definition) is 0. The van der Waals surface area contributed by atoms with E-state index in [4.69, 9.17) is 0 Å². The molecule has 0 aromatic carbocycles. The van der Waals surface area contributed by atoms with Crippen LogP contribution in [0.3, 0.4) is 0 Å². The largest absolute Gasteiger partial charge is 0.178 e. The second kappa shape index (κ2) is 5.38. The van der Waals surface area contributed by atoms with Crippen LogP contribution in [0.15, 0.2) is 9.56 Å². The summed E-state index contributed by atoms with van der Waals surface area (Å²) in [6, 6.07) is 0. The van der Waals surface area contributed by atoms with Crippen LogP contribution in [-0.2, 0) is 0 Å². The van der Waals surface area contributed by atoms with Crippen molar-refractivity contribution in [3.05, 3.63) is 9.56 Å². The molecule has 2 bridgehead atoms. The van der Waals surface area contributed by atoms with E-state index in [1.165, 1.54) is 38.5 Å². The molecule has 0 radical (unpaired) electrons. The predicted octanol–water partition coefficient (Wildman–Crippen LogP) is 4.84. The smallest absolute Gasteiger partial charge is 0.0888 e. The van der Waals surface area contributed by atoms with E-state index in [0.29, 0.717) is 0 Å². The third-order valence-corrected chi connectivity index (χ3v) is 5.49. The zero-order chi connectivity index (χ0) is 9.97. The van der Waals surface area contributed by atoms with E-state index in [1.54, 1.807) is 5.47 Å². The highest BCUT2D eigenvalue weighted by molar-refractivity contribution is 14.1. The van der Waals surface area contributed by atoms with Gasteiger partial charge in [0.25, 0.3) is 0 Å². The lowest BCUT2D eigenvalue weighted by Crippen LogP contribution is -2.36. The van der Waals surface area contributed by atoms with E-state index < -0.39 is 0 Å². The minimum atomic E-state index is 0.925. The van der Waals surface area contributed by atoms with Gasteiger partial charge in [-0.25, -0.2) is 0 Å². The number of fused-ring (bicyclic) bond motifs is 2. The first-order valence-electron chi connectivity index (χ1n) is 5.72. The molecule has 14 heavy (non-hydrogen) atoms. The van der Waals surface area contributed by atoms with Crippen molar-refractivity contribution in [3.8, 4) is 0 Å². The highest BCUT2D eigenvalue weighted by atomic mass is 127. The van der Waals surface area contributed by atoms with Gasteiger partial charge in [0, 0.05) is 5.33 Å². The molecule has 2 fully saturated rings. The van der Waals surface area contributed by atoms with Crippen LogP contribution < -0.4 is 0 Å². The van der Waals surface area contributed by atoms with Crippen molar-refractivity contribution in [3.63, 3.8) is 0 Å². The van der Waals surface area contributed by atoms with Crippen LogP contribution in [0.1, 0.15) is 38.5 Å². The van der Waals surface area contributed by atoms with Crippen molar-refractivity contribution in [1.82, 2.24) is 0 Å². The molecule has 0 N–H and O–H groups in total. The summed E-state index contributed by atoms with van der Waals surface area (Å²) in [7, 11) is 0. The highest BCUT2D eigenvalue weighted by Gasteiger charge is 2.40. The Morgan fingerprint density at radius 2 is 1.71 bits per heavy atom. The molecule has 0 aromatic heterocycles. The molecular formula is C11H17BBrI. The Bertz CT molecular complexity index is 207. The maximum atomic E-state index is 3.65. The SMILES string of the molecule is BrC/C(=C\I)B1C2CCCC1CCC2. The molecule has 78 valence electrons. The van der Waals surface area contributed by atoms with Crippen molar-refractivity contribution < 1.29 is 0 Å². The van der Waals surface area contributed by atoms with Gasteiger partial charge in [0.2, 0.25) is 0 Å². The first kappa shape index (κ1) is 11.5. The van der Waals surface area contributed by atoms with Crippen LogP contribution in [0.5, 0.6) is 0 Å².